The number of hydrogen-bond acceptors (Lipinski definition) is 1. The van der Waals surface area contributed by atoms with Crippen molar-refractivity contribution >= 4 is 14.1 Å². The van der Waals surface area contributed by atoms with Gasteiger partial charge < -0.3 is 4.79 Å². The lowest BCUT2D eigenvalue weighted by molar-refractivity contribution is -0.109. The van der Waals surface area contributed by atoms with Gasteiger partial charge in [0.2, 0.25) is 0 Å². The average Bonchev–Trinajstić information content (AvgIpc) is 2.06. The molecule has 1 nitrogen and oxygen atoms in total. The van der Waals surface area contributed by atoms with Gasteiger partial charge in [0, 0.05) is 0 Å². The van der Waals surface area contributed by atoms with Crippen molar-refractivity contribution in [2.45, 2.75) is 18.7 Å². The first-order valence-corrected chi connectivity index (χ1v) is 3.93. The largest absolute Gasteiger partial charge is 0.304 e. The van der Waals surface area contributed by atoms with E-state index in [1.54, 1.807) is 6.92 Å². The van der Waals surface area contributed by atoms with Crippen LogP contribution in [0.2, 0.25) is 5.31 Å². The monoisotopic (exact) mass is 158 g/mol. The fourth-order valence-corrected chi connectivity index (χ4v) is 1.08. The summed E-state index contributed by atoms with van der Waals surface area (Å²) >= 11 is 0. The first kappa shape index (κ1) is 9.05. The van der Waals surface area contributed by atoms with Crippen molar-refractivity contribution in [3.8, 4) is 0 Å². The maximum Gasteiger partial charge on any atom is 0.117 e. The third-order valence-electron chi connectivity index (χ3n) is 1.70. The Morgan fingerprint density at radius 3 is 2.50 bits per heavy atom. The summed E-state index contributed by atoms with van der Waals surface area (Å²) in [5.74, 6) is 0. The van der Waals surface area contributed by atoms with E-state index in [-0.39, 0.29) is 0 Å². The Morgan fingerprint density at radius 2 is 2.00 bits per heavy atom. The zero-order chi connectivity index (χ0) is 9.03. The minimum Gasteiger partial charge on any atom is -0.304 e. The molecule has 0 fully saturated rings. The number of benzene rings is 1. The maximum atomic E-state index is 10.5. The van der Waals surface area contributed by atoms with Crippen molar-refractivity contribution in [1.29, 1.82) is 0 Å². The van der Waals surface area contributed by atoms with Gasteiger partial charge in [0.05, 0.1) is 7.85 Å². The van der Waals surface area contributed by atoms with Gasteiger partial charge in [-0.15, -0.1) is 0 Å². The van der Waals surface area contributed by atoms with E-state index in [0.717, 1.165) is 11.8 Å². The lowest BCUT2D eigenvalue weighted by Gasteiger charge is -2.16. The summed E-state index contributed by atoms with van der Waals surface area (Å²) in [5, 5.41) is -0.735. The molecule has 1 atom stereocenters. The highest BCUT2D eigenvalue weighted by Crippen LogP contribution is 2.22. The Balaban J connectivity index is 2.70. The number of aldehydes is 1. The molecule has 0 aromatic heterocycles. The molecule has 0 bridgehead atoms. The zero-order valence-electron chi connectivity index (χ0n) is 7.16. The molecular weight excluding hydrogens is 147 g/mol. The van der Waals surface area contributed by atoms with Crippen LogP contribution in [0.4, 0.5) is 0 Å². The highest BCUT2D eigenvalue weighted by Gasteiger charge is 2.15. The van der Waals surface area contributed by atoms with Crippen LogP contribution in [0.25, 0.3) is 0 Å². The average molecular weight is 158 g/mol. The van der Waals surface area contributed by atoms with Gasteiger partial charge in [-0.05, 0) is 17.3 Å². The van der Waals surface area contributed by atoms with Crippen LogP contribution >= 0.6 is 0 Å². The molecule has 0 saturated heterocycles. The molecule has 0 spiro atoms. The number of hydrogen-bond donors (Lipinski definition) is 0. The molecule has 2 heteroatoms. The smallest absolute Gasteiger partial charge is 0.117 e. The highest BCUT2D eigenvalue weighted by molar-refractivity contribution is 6.23. The molecule has 1 aromatic rings. The van der Waals surface area contributed by atoms with Crippen LogP contribution in [0.3, 0.4) is 0 Å². The molecule has 0 heterocycles. The van der Waals surface area contributed by atoms with Crippen LogP contribution in [0, 0.1) is 0 Å². The van der Waals surface area contributed by atoms with E-state index in [0.29, 0.717) is 6.42 Å². The maximum absolute atomic E-state index is 10.5. The number of carbonyl (C=O) groups excluding carboxylic acids is 1. The summed E-state index contributed by atoms with van der Waals surface area (Å²) in [5.41, 5.74) is 1.09. The van der Waals surface area contributed by atoms with Crippen molar-refractivity contribution < 1.29 is 4.79 Å². The molecule has 2 radical (unpaired) electrons. The van der Waals surface area contributed by atoms with Gasteiger partial charge in [0.25, 0.3) is 0 Å². The first-order chi connectivity index (χ1) is 5.64. The van der Waals surface area contributed by atoms with E-state index in [9.17, 15) is 4.79 Å². The second-order valence-electron chi connectivity index (χ2n) is 3.29. The first-order valence-electron chi connectivity index (χ1n) is 3.93. The molecule has 60 valence electrons. The van der Waals surface area contributed by atoms with Gasteiger partial charge >= 0.3 is 0 Å². The predicted molar refractivity (Wildman–Crippen MR) is 50.3 cm³/mol. The van der Waals surface area contributed by atoms with E-state index >= 15 is 0 Å². The molecule has 12 heavy (non-hydrogen) atoms. The van der Waals surface area contributed by atoms with E-state index < -0.39 is 5.31 Å². The second-order valence-corrected chi connectivity index (χ2v) is 3.29. The third kappa shape index (κ3) is 2.53. The topological polar surface area (TPSA) is 17.1 Å². The summed E-state index contributed by atoms with van der Waals surface area (Å²) in [7, 11) is 5.68. The highest BCUT2D eigenvalue weighted by atomic mass is 16.1. The zero-order valence-corrected chi connectivity index (χ0v) is 7.16. The number of rotatable bonds is 3. The lowest BCUT2D eigenvalue weighted by Crippen LogP contribution is -2.12. The summed E-state index contributed by atoms with van der Waals surface area (Å²) in [6.45, 7) is 1.73. The van der Waals surface area contributed by atoms with E-state index in [2.05, 4.69) is 0 Å². The SMILES string of the molecule is [B]C(C)(C=O)Cc1ccccc1. The van der Waals surface area contributed by atoms with E-state index in [1.807, 2.05) is 30.3 Å². The Bertz CT molecular complexity index is 254. The summed E-state index contributed by atoms with van der Waals surface area (Å²) in [4.78, 5) is 10.5. The predicted octanol–water partition coefficient (Wildman–Crippen LogP) is 1.78. The third-order valence-corrected chi connectivity index (χ3v) is 1.70. The molecule has 1 rings (SSSR count). The van der Waals surface area contributed by atoms with Crippen LogP contribution in [-0.4, -0.2) is 14.1 Å². The second kappa shape index (κ2) is 3.57. The van der Waals surface area contributed by atoms with Crippen molar-refractivity contribution in [3.05, 3.63) is 35.9 Å². The Hall–Kier alpha value is -1.05. The summed E-state index contributed by atoms with van der Waals surface area (Å²) in [6, 6.07) is 9.76. The minimum atomic E-state index is -0.735. The van der Waals surface area contributed by atoms with Crippen molar-refractivity contribution in [2.75, 3.05) is 0 Å². The van der Waals surface area contributed by atoms with Crippen LogP contribution < -0.4 is 0 Å². The van der Waals surface area contributed by atoms with Crippen molar-refractivity contribution in [2.24, 2.45) is 0 Å². The van der Waals surface area contributed by atoms with Gasteiger partial charge in [0.15, 0.2) is 0 Å². The van der Waals surface area contributed by atoms with E-state index in [4.69, 9.17) is 7.85 Å². The van der Waals surface area contributed by atoms with Gasteiger partial charge in [0.1, 0.15) is 6.29 Å². The standard InChI is InChI=1S/C10H11BO/c1-10(11,8-12)7-9-5-3-2-4-6-9/h2-6,8H,7H2,1H3. The quantitative estimate of drug-likeness (QED) is 0.484. The molecule has 0 saturated carbocycles. The van der Waals surface area contributed by atoms with Crippen LogP contribution in [0.15, 0.2) is 30.3 Å². The number of carbonyl (C=O) groups is 1. The van der Waals surface area contributed by atoms with Crippen LogP contribution in [-0.2, 0) is 11.2 Å². The molecular formula is C10H11BO. The normalized spacial score (nSPS) is 15.1. The fraction of sp³-hybridized carbons (Fsp3) is 0.300. The Morgan fingerprint density at radius 1 is 1.42 bits per heavy atom. The molecule has 0 amide bonds. The van der Waals surface area contributed by atoms with Crippen LogP contribution in [0.5, 0.6) is 0 Å². The fourth-order valence-electron chi connectivity index (χ4n) is 1.08. The molecule has 0 N–H and O–H groups in total. The van der Waals surface area contributed by atoms with Gasteiger partial charge in [-0.3, -0.25) is 0 Å². The minimum absolute atomic E-state index is 0.595. The molecule has 0 aliphatic heterocycles. The molecule has 1 aromatic carbocycles. The summed E-state index contributed by atoms with van der Waals surface area (Å²) < 4.78 is 0. The Labute approximate surface area is 74.2 Å². The molecule has 0 aliphatic rings. The molecule has 0 aliphatic carbocycles. The van der Waals surface area contributed by atoms with Crippen molar-refractivity contribution in [1.82, 2.24) is 0 Å². The Kier molecular flexibility index (Phi) is 2.69. The van der Waals surface area contributed by atoms with Gasteiger partial charge in [-0.2, -0.15) is 0 Å². The van der Waals surface area contributed by atoms with Gasteiger partial charge in [-0.1, -0.05) is 37.3 Å². The van der Waals surface area contributed by atoms with E-state index in [1.165, 1.54) is 0 Å². The molecule has 1 unspecified atom stereocenters. The van der Waals surface area contributed by atoms with Gasteiger partial charge in [-0.25, -0.2) is 0 Å². The van der Waals surface area contributed by atoms with Crippen molar-refractivity contribution in [3.63, 3.8) is 0 Å². The lowest BCUT2D eigenvalue weighted by atomic mass is 9.68. The summed E-state index contributed by atoms with van der Waals surface area (Å²) in [6.07, 6.45) is 1.39. The van der Waals surface area contributed by atoms with Crippen LogP contribution in [0.1, 0.15) is 12.5 Å².